The van der Waals surface area contributed by atoms with Crippen molar-refractivity contribution in [1.29, 1.82) is 0 Å². The number of rotatable bonds is 7. The van der Waals surface area contributed by atoms with Crippen molar-refractivity contribution >= 4 is 29.9 Å². The first-order chi connectivity index (χ1) is 14.2. The Morgan fingerprint density at radius 2 is 1.80 bits per heavy atom. The highest BCUT2D eigenvalue weighted by Gasteiger charge is 2.23. The SMILES string of the molecule is CN=C(NCCc1ccc(F)cc1)NCC(c1cccc(F)c1)N1CCOCC1.I. The third-order valence-electron chi connectivity index (χ3n) is 5.03. The number of hydrogen-bond donors (Lipinski definition) is 2. The van der Waals surface area contributed by atoms with Gasteiger partial charge in [-0.05, 0) is 41.8 Å². The van der Waals surface area contributed by atoms with Crippen molar-refractivity contribution in [1.82, 2.24) is 15.5 Å². The minimum Gasteiger partial charge on any atom is -0.379 e. The molecule has 1 heterocycles. The molecule has 1 fully saturated rings. The first-order valence-electron chi connectivity index (χ1n) is 9.92. The molecule has 0 saturated carbocycles. The molecule has 2 aromatic rings. The Labute approximate surface area is 193 Å². The summed E-state index contributed by atoms with van der Waals surface area (Å²) in [6.07, 6.45) is 0.762. The van der Waals surface area contributed by atoms with Gasteiger partial charge in [-0.2, -0.15) is 0 Å². The summed E-state index contributed by atoms with van der Waals surface area (Å²) in [7, 11) is 1.72. The molecule has 0 radical (unpaired) electrons. The largest absolute Gasteiger partial charge is 0.379 e. The zero-order valence-corrected chi connectivity index (χ0v) is 19.4. The van der Waals surface area contributed by atoms with Crippen LogP contribution in [0.1, 0.15) is 17.2 Å². The monoisotopic (exact) mass is 530 g/mol. The van der Waals surface area contributed by atoms with Gasteiger partial charge < -0.3 is 15.4 Å². The van der Waals surface area contributed by atoms with Gasteiger partial charge in [-0.1, -0.05) is 24.3 Å². The Kier molecular flexibility index (Phi) is 10.5. The fraction of sp³-hybridized carbons (Fsp3) is 0.409. The molecule has 0 aromatic heterocycles. The lowest BCUT2D eigenvalue weighted by Gasteiger charge is -2.35. The predicted molar refractivity (Wildman–Crippen MR) is 126 cm³/mol. The van der Waals surface area contributed by atoms with Gasteiger partial charge in [0.1, 0.15) is 11.6 Å². The van der Waals surface area contributed by atoms with E-state index in [1.165, 1.54) is 18.2 Å². The number of aliphatic imine (C=N–C) groups is 1. The Balaban J connectivity index is 0.00000320. The molecule has 1 aliphatic rings. The second kappa shape index (κ2) is 12.8. The van der Waals surface area contributed by atoms with Crippen molar-refractivity contribution in [3.63, 3.8) is 0 Å². The van der Waals surface area contributed by atoms with Crippen molar-refractivity contribution in [3.8, 4) is 0 Å². The molecule has 0 bridgehead atoms. The van der Waals surface area contributed by atoms with E-state index in [4.69, 9.17) is 4.74 Å². The van der Waals surface area contributed by atoms with E-state index in [9.17, 15) is 8.78 Å². The summed E-state index contributed by atoms with van der Waals surface area (Å²) in [5.74, 6) is 0.218. The fourth-order valence-electron chi connectivity index (χ4n) is 3.45. The molecule has 8 heteroatoms. The molecule has 164 valence electrons. The number of benzene rings is 2. The summed E-state index contributed by atoms with van der Waals surface area (Å²) in [5, 5.41) is 6.64. The van der Waals surface area contributed by atoms with E-state index in [2.05, 4.69) is 20.5 Å². The van der Waals surface area contributed by atoms with Crippen LogP contribution in [0.5, 0.6) is 0 Å². The predicted octanol–water partition coefficient (Wildman–Crippen LogP) is 3.36. The number of hydrogen-bond acceptors (Lipinski definition) is 3. The summed E-state index contributed by atoms with van der Waals surface area (Å²) in [6, 6.07) is 13.3. The number of guanidine groups is 1. The van der Waals surface area contributed by atoms with Crippen LogP contribution in [0.2, 0.25) is 0 Å². The first kappa shape index (κ1) is 24.5. The number of ether oxygens (including phenoxy) is 1. The summed E-state index contributed by atoms with van der Waals surface area (Å²) in [5.41, 5.74) is 1.99. The van der Waals surface area contributed by atoms with Gasteiger partial charge >= 0.3 is 0 Å². The van der Waals surface area contributed by atoms with E-state index in [1.807, 2.05) is 6.07 Å². The van der Waals surface area contributed by atoms with Gasteiger partial charge in [-0.15, -0.1) is 24.0 Å². The van der Waals surface area contributed by atoms with Crippen LogP contribution in [0.4, 0.5) is 8.78 Å². The lowest BCUT2D eigenvalue weighted by molar-refractivity contribution is 0.0169. The number of morpholine rings is 1. The summed E-state index contributed by atoms with van der Waals surface area (Å²) >= 11 is 0. The molecular formula is C22H29F2IN4O. The summed E-state index contributed by atoms with van der Waals surface area (Å²) in [6.45, 7) is 4.24. The molecule has 1 saturated heterocycles. The van der Waals surface area contributed by atoms with E-state index in [1.54, 1.807) is 31.3 Å². The smallest absolute Gasteiger partial charge is 0.191 e. The average molecular weight is 530 g/mol. The van der Waals surface area contributed by atoms with Crippen LogP contribution in [-0.2, 0) is 11.2 Å². The van der Waals surface area contributed by atoms with Crippen molar-refractivity contribution in [2.45, 2.75) is 12.5 Å². The van der Waals surface area contributed by atoms with Crippen LogP contribution < -0.4 is 10.6 Å². The summed E-state index contributed by atoms with van der Waals surface area (Å²) in [4.78, 5) is 6.58. The van der Waals surface area contributed by atoms with E-state index in [0.717, 1.165) is 30.6 Å². The second-order valence-corrected chi connectivity index (χ2v) is 6.98. The lowest BCUT2D eigenvalue weighted by Crippen LogP contribution is -2.46. The Hall–Kier alpha value is -1.78. The third kappa shape index (κ3) is 7.48. The van der Waals surface area contributed by atoms with Gasteiger partial charge in [-0.25, -0.2) is 8.78 Å². The van der Waals surface area contributed by atoms with E-state index in [0.29, 0.717) is 32.3 Å². The van der Waals surface area contributed by atoms with E-state index in [-0.39, 0.29) is 41.7 Å². The Bertz CT molecular complexity index is 798. The topological polar surface area (TPSA) is 48.9 Å². The maximum Gasteiger partial charge on any atom is 0.191 e. The zero-order valence-electron chi connectivity index (χ0n) is 17.1. The molecule has 2 aromatic carbocycles. The normalized spacial score (nSPS) is 15.9. The zero-order chi connectivity index (χ0) is 20.5. The molecule has 1 aliphatic heterocycles. The molecule has 0 amide bonds. The molecule has 3 rings (SSSR count). The highest BCUT2D eigenvalue weighted by molar-refractivity contribution is 14.0. The highest BCUT2D eigenvalue weighted by atomic mass is 127. The van der Waals surface area contributed by atoms with Gasteiger partial charge in [0.2, 0.25) is 0 Å². The first-order valence-corrected chi connectivity index (χ1v) is 9.92. The van der Waals surface area contributed by atoms with Gasteiger partial charge in [0.05, 0.1) is 19.3 Å². The molecule has 0 aliphatic carbocycles. The number of nitrogens with one attached hydrogen (secondary N) is 2. The minimum absolute atomic E-state index is 0. The third-order valence-corrected chi connectivity index (χ3v) is 5.03. The Morgan fingerprint density at radius 1 is 1.07 bits per heavy atom. The van der Waals surface area contributed by atoms with Crippen LogP contribution in [0.25, 0.3) is 0 Å². The number of nitrogens with zero attached hydrogens (tertiary/aromatic N) is 2. The summed E-state index contributed by atoms with van der Waals surface area (Å²) < 4.78 is 32.3. The molecule has 1 atom stereocenters. The van der Waals surface area contributed by atoms with Crippen LogP contribution in [-0.4, -0.2) is 57.3 Å². The molecule has 2 N–H and O–H groups in total. The molecular weight excluding hydrogens is 501 g/mol. The minimum atomic E-state index is -0.234. The molecule has 1 unspecified atom stereocenters. The standard InChI is InChI=1S/C22H28F2N4O.HI/c1-25-22(26-10-9-17-5-7-19(23)8-6-17)27-16-21(28-11-13-29-14-12-28)18-3-2-4-20(24)15-18;/h2-8,15,21H,9-14,16H2,1H3,(H2,25,26,27);1H. The van der Waals surface area contributed by atoms with E-state index >= 15 is 0 Å². The molecule has 5 nitrogen and oxygen atoms in total. The van der Waals surface area contributed by atoms with Crippen LogP contribution in [0.15, 0.2) is 53.5 Å². The van der Waals surface area contributed by atoms with Crippen molar-refractivity contribution in [2.75, 3.05) is 46.4 Å². The van der Waals surface area contributed by atoms with Crippen molar-refractivity contribution in [2.24, 2.45) is 4.99 Å². The van der Waals surface area contributed by atoms with Crippen LogP contribution >= 0.6 is 24.0 Å². The van der Waals surface area contributed by atoms with Gasteiger partial charge in [-0.3, -0.25) is 9.89 Å². The van der Waals surface area contributed by atoms with Crippen molar-refractivity contribution in [3.05, 3.63) is 71.3 Å². The fourth-order valence-corrected chi connectivity index (χ4v) is 3.45. The maximum atomic E-state index is 13.8. The quantitative estimate of drug-likeness (QED) is 0.328. The van der Waals surface area contributed by atoms with Crippen LogP contribution in [0, 0.1) is 11.6 Å². The number of halogens is 3. The van der Waals surface area contributed by atoms with E-state index < -0.39 is 0 Å². The average Bonchev–Trinajstić information content (AvgIpc) is 2.75. The van der Waals surface area contributed by atoms with Crippen LogP contribution in [0.3, 0.4) is 0 Å². The van der Waals surface area contributed by atoms with Crippen molar-refractivity contribution < 1.29 is 13.5 Å². The van der Waals surface area contributed by atoms with Gasteiger partial charge in [0.25, 0.3) is 0 Å². The molecule has 30 heavy (non-hydrogen) atoms. The molecule has 0 spiro atoms. The lowest BCUT2D eigenvalue weighted by atomic mass is 10.0. The Morgan fingerprint density at radius 3 is 2.47 bits per heavy atom. The highest BCUT2D eigenvalue weighted by Crippen LogP contribution is 2.22. The second-order valence-electron chi connectivity index (χ2n) is 6.98. The maximum absolute atomic E-state index is 13.8. The van der Waals surface area contributed by atoms with Gasteiger partial charge in [0, 0.05) is 33.2 Å². The van der Waals surface area contributed by atoms with Gasteiger partial charge in [0.15, 0.2) is 5.96 Å².